The molecule has 1 aromatic carbocycles. The SMILES string of the molecule is CC(C)C(NC(=O)c1ccc(O)c(O)c1)C(N)=O. The molecule has 6 heteroatoms. The van der Waals surface area contributed by atoms with Crippen molar-refractivity contribution in [2.75, 3.05) is 0 Å². The Labute approximate surface area is 104 Å². The quantitative estimate of drug-likeness (QED) is 0.578. The van der Waals surface area contributed by atoms with Gasteiger partial charge in [-0.1, -0.05) is 13.8 Å². The van der Waals surface area contributed by atoms with Crippen molar-refractivity contribution in [3.8, 4) is 11.5 Å². The number of nitrogens with one attached hydrogen (secondary N) is 1. The summed E-state index contributed by atoms with van der Waals surface area (Å²) in [4.78, 5) is 23.0. The number of primary amides is 1. The molecule has 2 amide bonds. The summed E-state index contributed by atoms with van der Waals surface area (Å²) in [5.41, 5.74) is 5.31. The van der Waals surface area contributed by atoms with E-state index in [1.807, 2.05) is 0 Å². The molecular weight excluding hydrogens is 236 g/mol. The normalized spacial score (nSPS) is 12.2. The molecule has 5 N–H and O–H groups in total. The molecule has 0 saturated heterocycles. The monoisotopic (exact) mass is 252 g/mol. The van der Waals surface area contributed by atoms with Crippen LogP contribution in [0.4, 0.5) is 0 Å². The molecule has 0 aliphatic heterocycles. The van der Waals surface area contributed by atoms with E-state index in [4.69, 9.17) is 10.8 Å². The van der Waals surface area contributed by atoms with Gasteiger partial charge in [-0.2, -0.15) is 0 Å². The highest BCUT2D eigenvalue weighted by Gasteiger charge is 2.22. The van der Waals surface area contributed by atoms with Crippen LogP contribution in [0.25, 0.3) is 0 Å². The number of rotatable bonds is 4. The number of phenols is 2. The van der Waals surface area contributed by atoms with E-state index in [0.717, 1.165) is 6.07 Å². The molecule has 0 aromatic heterocycles. The molecule has 18 heavy (non-hydrogen) atoms. The summed E-state index contributed by atoms with van der Waals surface area (Å²) in [6, 6.07) is 2.86. The van der Waals surface area contributed by atoms with Gasteiger partial charge < -0.3 is 21.3 Å². The lowest BCUT2D eigenvalue weighted by Gasteiger charge is -2.18. The molecule has 0 bridgehead atoms. The van der Waals surface area contributed by atoms with Crippen LogP contribution in [0.3, 0.4) is 0 Å². The maximum Gasteiger partial charge on any atom is 0.252 e. The van der Waals surface area contributed by atoms with Gasteiger partial charge in [0, 0.05) is 5.56 Å². The summed E-state index contributed by atoms with van der Waals surface area (Å²) < 4.78 is 0. The van der Waals surface area contributed by atoms with Crippen LogP contribution in [0.2, 0.25) is 0 Å². The molecule has 1 aromatic rings. The summed E-state index contributed by atoms with van der Waals surface area (Å²) >= 11 is 0. The van der Waals surface area contributed by atoms with Gasteiger partial charge in [0.05, 0.1) is 0 Å². The number of nitrogens with two attached hydrogens (primary N) is 1. The maximum absolute atomic E-state index is 11.8. The fourth-order valence-electron chi connectivity index (χ4n) is 1.46. The number of benzene rings is 1. The molecule has 6 nitrogen and oxygen atoms in total. The molecule has 0 fully saturated rings. The highest BCUT2D eigenvalue weighted by Crippen LogP contribution is 2.24. The molecule has 0 spiro atoms. The minimum atomic E-state index is -0.784. The van der Waals surface area contributed by atoms with E-state index in [0.29, 0.717) is 0 Å². The topological polar surface area (TPSA) is 113 Å². The first-order valence-electron chi connectivity index (χ1n) is 5.45. The Bertz CT molecular complexity index is 471. The Morgan fingerprint density at radius 1 is 1.22 bits per heavy atom. The van der Waals surface area contributed by atoms with Crippen molar-refractivity contribution >= 4 is 11.8 Å². The van der Waals surface area contributed by atoms with Crippen LogP contribution in [0.1, 0.15) is 24.2 Å². The Morgan fingerprint density at radius 2 is 1.83 bits per heavy atom. The molecule has 1 rings (SSSR count). The molecule has 0 saturated carbocycles. The van der Waals surface area contributed by atoms with Crippen molar-refractivity contribution in [2.24, 2.45) is 11.7 Å². The number of aromatic hydroxyl groups is 2. The van der Waals surface area contributed by atoms with E-state index >= 15 is 0 Å². The highest BCUT2D eigenvalue weighted by molar-refractivity contribution is 5.97. The minimum absolute atomic E-state index is 0.136. The summed E-state index contributed by atoms with van der Waals surface area (Å²) in [5.74, 6) is -2.02. The summed E-state index contributed by atoms with van der Waals surface area (Å²) in [6.07, 6.45) is 0. The second-order valence-corrected chi connectivity index (χ2v) is 4.30. The number of hydrogen-bond acceptors (Lipinski definition) is 4. The average molecular weight is 252 g/mol. The number of hydrogen-bond donors (Lipinski definition) is 4. The standard InChI is InChI=1S/C12H16N2O4/c1-6(2)10(11(13)17)14-12(18)7-3-4-8(15)9(16)5-7/h3-6,10,15-16H,1-2H3,(H2,13,17)(H,14,18). The van der Waals surface area contributed by atoms with Crippen LogP contribution in [-0.4, -0.2) is 28.1 Å². The largest absolute Gasteiger partial charge is 0.504 e. The van der Waals surface area contributed by atoms with Crippen molar-refractivity contribution in [1.29, 1.82) is 0 Å². The van der Waals surface area contributed by atoms with E-state index in [1.54, 1.807) is 13.8 Å². The van der Waals surface area contributed by atoms with Gasteiger partial charge in [-0.3, -0.25) is 9.59 Å². The third-order valence-corrected chi connectivity index (χ3v) is 2.50. The van der Waals surface area contributed by atoms with Crippen LogP contribution >= 0.6 is 0 Å². The second kappa shape index (κ2) is 5.39. The van der Waals surface area contributed by atoms with Crippen molar-refractivity contribution in [2.45, 2.75) is 19.9 Å². The van der Waals surface area contributed by atoms with Gasteiger partial charge in [0.25, 0.3) is 5.91 Å². The van der Waals surface area contributed by atoms with Gasteiger partial charge >= 0.3 is 0 Å². The number of phenolic OH excluding ortho intramolecular Hbond substituents is 2. The van der Waals surface area contributed by atoms with Crippen LogP contribution in [-0.2, 0) is 4.79 Å². The van der Waals surface area contributed by atoms with E-state index in [-0.39, 0.29) is 17.2 Å². The first-order chi connectivity index (χ1) is 8.32. The van der Waals surface area contributed by atoms with Crippen LogP contribution in [0.5, 0.6) is 11.5 Å². The van der Waals surface area contributed by atoms with E-state index < -0.39 is 23.6 Å². The van der Waals surface area contributed by atoms with Gasteiger partial charge in [-0.25, -0.2) is 0 Å². The summed E-state index contributed by atoms with van der Waals surface area (Å²) in [7, 11) is 0. The van der Waals surface area contributed by atoms with Crippen LogP contribution in [0, 0.1) is 5.92 Å². The van der Waals surface area contributed by atoms with Gasteiger partial charge in [-0.15, -0.1) is 0 Å². The third-order valence-electron chi connectivity index (χ3n) is 2.50. The zero-order chi connectivity index (χ0) is 13.9. The molecule has 0 radical (unpaired) electrons. The minimum Gasteiger partial charge on any atom is -0.504 e. The Kier molecular flexibility index (Phi) is 4.14. The lowest BCUT2D eigenvalue weighted by molar-refractivity contribution is -0.120. The molecule has 1 unspecified atom stereocenters. The maximum atomic E-state index is 11.8. The molecule has 98 valence electrons. The van der Waals surface area contributed by atoms with Gasteiger partial charge in [0.15, 0.2) is 11.5 Å². The third kappa shape index (κ3) is 3.13. The average Bonchev–Trinajstić information content (AvgIpc) is 2.28. The van der Waals surface area contributed by atoms with Crippen LogP contribution < -0.4 is 11.1 Å². The predicted molar refractivity (Wildman–Crippen MR) is 65.1 cm³/mol. The first kappa shape index (κ1) is 13.8. The van der Waals surface area contributed by atoms with E-state index in [1.165, 1.54) is 12.1 Å². The number of carbonyl (C=O) groups is 2. The molecule has 1 atom stereocenters. The Hall–Kier alpha value is -2.24. The van der Waals surface area contributed by atoms with Gasteiger partial charge in [-0.05, 0) is 24.1 Å². The van der Waals surface area contributed by atoms with E-state index in [2.05, 4.69) is 5.32 Å². The number of carbonyl (C=O) groups excluding carboxylic acids is 2. The Balaban J connectivity index is 2.87. The fourth-order valence-corrected chi connectivity index (χ4v) is 1.46. The fraction of sp³-hybridized carbons (Fsp3) is 0.333. The first-order valence-corrected chi connectivity index (χ1v) is 5.45. The van der Waals surface area contributed by atoms with Crippen molar-refractivity contribution in [3.63, 3.8) is 0 Å². The predicted octanol–water partition coefficient (Wildman–Crippen LogP) is 0.337. The molecule has 0 aliphatic carbocycles. The van der Waals surface area contributed by atoms with Crippen molar-refractivity contribution in [3.05, 3.63) is 23.8 Å². The van der Waals surface area contributed by atoms with E-state index in [9.17, 15) is 14.7 Å². The zero-order valence-electron chi connectivity index (χ0n) is 10.2. The lowest BCUT2D eigenvalue weighted by Crippen LogP contribution is -2.47. The highest BCUT2D eigenvalue weighted by atomic mass is 16.3. The molecule has 0 aliphatic rings. The van der Waals surface area contributed by atoms with Gasteiger partial charge in [0.1, 0.15) is 6.04 Å². The summed E-state index contributed by atoms with van der Waals surface area (Å²) in [5, 5.41) is 20.9. The second-order valence-electron chi connectivity index (χ2n) is 4.30. The number of amides is 2. The summed E-state index contributed by atoms with van der Waals surface area (Å²) in [6.45, 7) is 3.51. The van der Waals surface area contributed by atoms with Crippen molar-refractivity contribution in [1.82, 2.24) is 5.32 Å². The van der Waals surface area contributed by atoms with Crippen LogP contribution in [0.15, 0.2) is 18.2 Å². The Morgan fingerprint density at radius 3 is 2.28 bits per heavy atom. The zero-order valence-corrected chi connectivity index (χ0v) is 10.2. The lowest BCUT2D eigenvalue weighted by atomic mass is 10.0. The smallest absolute Gasteiger partial charge is 0.252 e. The molecule has 0 heterocycles. The van der Waals surface area contributed by atoms with Crippen molar-refractivity contribution < 1.29 is 19.8 Å². The molecular formula is C12H16N2O4. The van der Waals surface area contributed by atoms with Gasteiger partial charge in [0.2, 0.25) is 5.91 Å².